The fraction of sp³-hybridized carbons (Fsp3) is 0.200. The van der Waals surface area contributed by atoms with Gasteiger partial charge in [-0.05, 0) is 54.7 Å². The molecule has 0 spiro atoms. The van der Waals surface area contributed by atoms with Crippen LogP contribution in [0.1, 0.15) is 36.9 Å². The van der Waals surface area contributed by atoms with Gasteiger partial charge >= 0.3 is 5.97 Å². The molecule has 3 rings (SSSR count). The lowest BCUT2D eigenvalue weighted by molar-refractivity contribution is 0.0702. The smallest absolute Gasteiger partial charge is 0.345 e. The number of anilines is 1. The maximum atomic E-state index is 12.1. The van der Waals surface area contributed by atoms with E-state index in [1.165, 1.54) is 29.7 Å². The first-order valence-electron chi connectivity index (χ1n) is 6.40. The number of amides is 1. The number of aryl methyl sites for hydroxylation is 2. The van der Waals surface area contributed by atoms with E-state index >= 15 is 0 Å². The Morgan fingerprint density at radius 1 is 1.05 bits per heavy atom. The predicted molar refractivity (Wildman–Crippen MR) is 77.7 cm³/mol. The third-order valence-electron chi connectivity index (χ3n) is 3.40. The number of nitrogens with one attached hydrogen (secondary N) is 1. The van der Waals surface area contributed by atoms with Crippen molar-refractivity contribution in [3.05, 3.63) is 51.2 Å². The van der Waals surface area contributed by atoms with Gasteiger partial charge in [0.1, 0.15) is 4.88 Å². The van der Waals surface area contributed by atoms with Gasteiger partial charge in [0.2, 0.25) is 0 Å². The van der Waals surface area contributed by atoms with Crippen LogP contribution < -0.4 is 5.32 Å². The van der Waals surface area contributed by atoms with Crippen LogP contribution in [-0.2, 0) is 12.8 Å². The van der Waals surface area contributed by atoms with E-state index in [-0.39, 0.29) is 10.8 Å². The molecule has 0 saturated heterocycles. The van der Waals surface area contributed by atoms with Crippen LogP contribution in [0.2, 0.25) is 0 Å². The van der Waals surface area contributed by atoms with Gasteiger partial charge in [0.05, 0.1) is 4.88 Å². The number of carbonyl (C=O) groups excluding carboxylic acids is 1. The Kier molecular flexibility index (Phi) is 3.28. The highest BCUT2D eigenvalue weighted by molar-refractivity contribution is 7.15. The molecule has 0 atom stereocenters. The Bertz CT molecular complexity index is 690. The van der Waals surface area contributed by atoms with Gasteiger partial charge in [-0.3, -0.25) is 4.79 Å². The molecule has 0 radical (unpaired) electrons. The van der Waals surface area contributed by atoms with Gasteiger partial charge in [0.15, 0.2) is 0 Å². The van der Waals surface area contributed by atoms with E-state index in [4.69, 9.17) is 5.11 Å². The topological polar surface area (TPSA) is 66.4 Å². The van der Waals surface area contributed by atoms with Gasteiger partial charge < -0.3 is 10.4 Å². The van der Waals surface area contributed by atoms with Crippen LogP contribution in [-0.4, -0.2) is 17.0 Å². The minimum atomic E-state index is -1.01. The Balaban J connectivity index is 1.76. The molecule has 1 heterocycles. The molecule has 2 aromatic rings. The van der Waals surface area contributed by atoms with Crippen LogP contribution in [0.15, 0.2) is 30.3 Å². The zero-order valence-electron chi connectivity index (χ0n) is 10.7. The van der Waals surface area contributed by atoms with Crippen molar-refractivity contribution in [2.24, 2.45) is 0 Å². The summed E-state index contributed by atoms with van der Waals surface area (Å²) in [6, 6.07) is 8.94. The zero-order valence-corrected chi connectivity index (χ0v) is 11.5. The molecule has 4 nitrogen and oxygen atoms in total. The summed E-state index contributed by atoms with van der Waals surface area (Å²) in [5.41, 5.74) is 3.41. The summed E-state index contributed by atoms with van der Waals surface area (Å²) in [5.74, 6) is -1.27. The summed E-state index contributed by atoms with van der Waals surface area (Å²) in [4.78, 5) is 23.4. The third kappa shape index (κ3) is 2.44. The first-order chi connectivity index (χ1) is 9.63. The molecule has 0 aliphatic heterocycles. The molecular weight excluding hydrogens is 274 g/mol. The van der Waals surface area contributed by atoms with Crippen molar-refractivity contribution in [1.82, 2.24) is 0 Å². The summed E-state index contributed by atoms with van der Waals surface area (Å²) in [6.07, 6.45) is 3.33. The summed E-state index contributed by atoms with van der Waals surface area (Å²) in [7, 11) is 0. The van der Waals surface area contributed by atoms with E-state index in [1.807, 2.05) is 12.1 Å². The lowest BCUT2D eigenvalue weighted by Crippen LogP contribution is -2.10. The van der Waals surface area contributed by atoms with Crippen LogP contribution in [0, 0.1) is 0 Å². The maximum absolute atomic E-state index is 12.1. The van der Waals surface area contributed by atoms with Crippen molar-refractivity contribution < 1.29 is 14.7 Å². The fourth-order valence-corrected chi connectivity index (χ4v) is 3.16. The van der Waals surface area contributed by atoms with E-state index in [2.05, 4.69) is 11.4 Å². The van der Waals surface area contributed by atoms with E-state index < -0.39 is 5.97 Å². The number of carboxylic acid groups (broad SMARTS) is 1. The number of benzene rings is 1. The van der Waals surface area contributed by atoms with E-state index in [9.17, 15) is 9.59 Å². The van der Waals surface area contributed by atoms with E-state index in [0.29, 0.717) is 4.88 Å². The molecule has 1 aliphatic rings. The standard InChI is InChI=1S/C15H13NO3S/c17-14(12-6-7-13(20-12)15(18)19)16-11-5-4-9-2-1-3-10(9)8-11/h4-8H,1-3H2,(H,16,17)(H,18,19). The zero-order chi connectivity index (χ0) is 14.1. The van der Waals surface area contributed by atoms with Crippen LogP contribution in [0.25, 0.3) is 0 Å². The predicted octanol–water partition coefficient (Wildman–Crippen LogP) is 3.19. The van der Waals surface area contributed by atoms with Crippen molar-refractivity contribution in [2.75, 3.05) is 5.32 Å². The van der Waals surface area contributed by atoms with Crippen molar-refractivity contribution in [3.8, 4) is 0 Å². The molecule has 0 unspecified atom stereocenters. The Hall–Kier alpha value is -2.14. The number of aromatic carboxylic acids is 1. The first kappa shape index (κ1) is 12.9. The average Bonchev–Trinajstić information content (AvgIpc) is 3.07. The molecule has 20 heavy (non-hydrogen) atoms. The van der Waals surface area contributed by atoms with Gasteiger partial charge in [-0.1, -0.05) is 6.07 Å². The van der Waals surface area contributed by atoms with Gasteiger partial charge in [0, 0.05) is 5.69 Å². The molecule has 2 N–H and O–H groups in total. The largest absolute Gasteiger partial charge is 0.477 e. The van der Waals surface area contributed by atoms with Gasteiger partial charge in [-0.25, -0.2) is 4.79 Å². The van der Waals surface area contributed by atoms with Gasteiger partial charge in [0.25, 0.3) is 5.91 Å². The summed E-state index contributed by atoms with van der Waals surface area (Å²) in [5, 5.41) is 11.7. The van der Waals surface area contributed by atoms with E-state index in [1.54, 1.807) is 0 Å². The van der Waals surface area contributed by atoms with Crippen LogP contribution in [0.4, 0.5) is 5.69 Å². The highest BCUT2D eigenvalue weighted by atomic mass is 32.1. The molecule has 1 aromatic heterocycles. The summed E-state index contributed by atoms with van der Waals surface area (Å²) >= 11 is 0.982. The molecule has 1 amide bonds. The minimum Gasteiger partial charge on any atom is -0.477 e. The van der Waals surface area contributed by atoms with E-state index in [0.717, 1.165) is 29.9 Å². The number of hydrogen-bond acceptors (Lipinski definition) is 3. The van der Waals surface area contributed by atoms with Crippen LogP contribution in [0.5, 0.6) is 0 Å². The van der Waals surface area contributed by atoms with Crippen molar-refractivity contribution in [1.29, 1.82) is 0 Å². The highest BCUT2D eigenvalue weighted by Gasteiger charge is 2.15. The number of fused-ring (bicyclic) bond motifs is 1. The van der Waals surface area contributed by atoms with Crippen LogP contribution in [0.3, 0.4) is 0 Å². The number of carboxylic acids is 1. The molecule has 0 bridgehead atoms. The Labute approximate surface area is 120 Å². The normalized spacial score (nSPS) is 13.0. The molecule has 5 heteroatoms. The number of hydrogen-bond donors (Lipinski definition) is 2. The number of carbonyl (C=O) groups is 2. The number of thiophene rings is 1. The fourth-order valence-electron chi connectivity index (χ4n) is 2.42. The Morgan fingerprint density at radius 2 is 1.80 bits per heavy atom. The van der Waals surface area contributed by atoms with Gasteiger partial charge in [-0.2, -0.15) is 0 Å². The molecule has 1 aliphatic carbocycles. The second-order valence-corrected chi connectivity index (χ2v) is 5.84. The van der Waals surface area contributed by atoms with Crippen LogP contribution >= 0.6 is 11.3 Å². The second-order valence-electron chi connectivity index (χ2n) is 4.76. The minimum absolute atomic E-state index is 0.170. The first-order valence-corrected chi connectivity index (χ1v) is 7.21. The lowest BCUT2D eigenvalue weighted by Gasteiger charge is -2.06. The number of rotatable bonds is 3. The summed E-state index contributed by atoms with van der Waals surface area (Å²) in [6.45, 7) is 0. The van der Waals surface area contributed by atoms with Crippen molar-refractivity contribution in [3.63, 3.8) is 0 Å². The maximum Gasteiger partial charge on any atom is 0.345 e. The SMILES string of the molecule is O=C(O)c1ccc(C(=O)Nc2ccc3c(c2)CCC3)s1. The third-order valence-corrected chi connectivity index (χ3v) is 4.47. The molecule has 0 fully saturated rings. The molecule has 1 aromatic carbocycles. The molecular formula is C15H13NO3S. The van der Waals surface area contributed by atoms with Gasteiger partial charge in [-0.15, -0.1) is 11.3 Å². The Morgan fingerprint density at radius 3 is 2.55 bits per heavy atom. The summed E-state index contributed by atoms with van der Waals surface area (Å²) < 4.78 is 0. The monoisotopic (exact) mass is 287 g/mol. The van der Waals surface area contributed by atoms with Crippen molar-refractivity contribution >= 4 is 28.9 Å². The average molecular weight is 287 g/mol. The second kappa shape index (κ2) is 5.09. The molecule has 102 valence electrons. The quantitative estimate of drug-likeness (QED) is 0.911. The highest BCUT2D eigenvalue weighted by Crippen LogP contribution is 2.25. The lowest BCUT2D eigenvalue weighted by atomic mass is 10.1. The van der Waals surface area contributed by atoms with Crippen molar-refractivity contribution in [2.45, 2.75) is 19.3 Å². The molecule has 0 saturated carbocycles.